The largest absolute Gasteiger partial charge is 0.415 e. The Bertz CT molecular complexity index is 995. The van der Waals surface area contributed by atoms with Crippen molar-refractivity contribution in [1.29, 1.82) is 0 Å². The van der Waals surface area contributed by atoms with Crippen molar-refractivity contribution >= 4 is 0 Å². The van der Waals surface area contributed by atoms with E-state index in [9.17, 15) is 13.6 Å². The molecule has 0 amide bonds. The van der Waals surface area contributed by atoms with Gasteiger partial charge in [-0.2, -0.15) is 13.8 Å². The van der Waals surface area contributed by atoms with Gasteiger partial charge in [-0.25, -0.2) is 9.78 Å². The Kier molecular flexibility index (Phi) is 4.02. The minimum Gasteiger partial charge on any atom is -0.415 e. The van der Waals surface area contributed by atoms with Crippen LogP contribution in [0.15, 0.2) is 27.5 Å². The van der Waals surface area contributed by atoms with E-state index in [-0.39, 0.29) is 18.1 Å². The third kappa shape index (κ3) is 3.22. The normalized spacial score (nSPS) is 14.2. The molecule has 0 aliphatic heterocycles. The minimum absolute atomic E-state index is 0.0372. The van der Waals surface area contributed by atoms with Crippen LogP contribution in [0.2, 0.25) is 0 Å². The van der Waals surface area contributed by atoms with Crippen molar-refractivity contribution in [2.45, 2.75) is 38.7 Å². The Morgan fingerprint density at radius 1 is 1.27 bits per heavy atom. The summed E-state index contributed by atoms with van der Waals surface area (Å²) in [4.78, 5) is 24.9. The first-order valence-corrected chi connectivity index (χ1v) is 8.03. The molecule has 10 heteroatoms. The Hall–Kier alpha value is -3.04. The van der Waals surface area contributed by atoms with Gasteiger partial charge in [-0.15, -0.1) is 10.2 Å². The van der Waals surface area contributed by atoms with Gasteiger partial charge in [0.1, 0.15) is 11.6 Å². The molecule has 3 aromatic heterocycles. The molecule has 0 saturated heterocycles. The molecule has 3 aromatic rings. The number of hydrogen-bond donors (Lipinski definition) is 0. The minimum atomic E-state index is -2.82. The zero-order valence-electron chi connectivity index (χ0n) is 13.8. The van der Waals surface area contributed by atoms with Gasteiger partial charge < -0.3 is 4.42 Å². The van der Waals surface area contributed by atoms with Crippen molar-refractivity contribution in [3.8, 4) is 11.5 Å². The van der Waals surface area contributed by atoms with Gasteiger partial charge in [-0.05, 0) is 31.9 Å². The fraction of sp³-hybridized carbons (Fsp3) is 0.375. The molecule has 0 N–H and O–H groups in total. The summed E-state index contributed by atoms with van der Waals surface area (Å²) in [6, 6.07) is 3.27. The third-order valence-corrected chi connectivity index (χ3v) is 4.07. The van der Waals surface area contributed by atoms with E-state index in [0.29, 0.717) is 28.8 Å². The van der Waals surface area contributed by atoms with E-state index in [1.54, 1.807) is 19.1 Å². The van der Waals surface area contributed by atoms with Crippen molar-refractivity contribution in [2.24, 2.45) is 0 Å². The second kappa shape index (κ2) is 6.36. The number of alkyl halides is 2. The van der Waals surface area contributed by atoms with E-state index in [1.165, 1.54) is 10.8 Å². The van der Waals surface area contributed by atoms with Crippen LogP contribution in [0.5, 0.6) is 0 Å². The Balaban J connectivity index is 1.55. The molecule has 1 aliphatic carbocycles. The molecular formula is C16H14F2N6O2. The van der Waals surface area contributed by atoms with Crippen molar-refractivity contribution in [1.82, 2.24) is 29.7 Å². The highest BCUT2D eigenvalue weighted by molar-refractivity contribution is 5.50. The lowest BCUT2D eigenvalue weighted by Gasteiger charge is -2.09. The van der Waals surface area contributed by atoms with E-state index >= 15 is 0 Å². The summed E-state index contributed by atoms with van der Waals surface area (Å²) in [7, 11) is 0. The van der Waals surface area contributed by atoms with Crippen LogP contribution in [-0.4, -0.2) is 29.7 Å². The van der Waals surface area contributed by atoms with Crippen molar-refractivity contribution < 1.29 is 13.2 Å². The van der Waals surface area contributed by atoms with Crippen LogP contribution in [0.1, 0.15) is 48.4 Å². The molecule has 0 aromatic carbocycles. The zero-order chi connectivity index (χ0) is 18.3. The monoisotopic (exact) mass is 360 g/mol. The lowest BCUT2D eigenvalue weighted by molar-refractivity contribution is 0.116. The molecular weight excluding hydrogens is 346 g/mol. The highest BCUT2D eigenvalue weighted by atomic mass is 19.3. The standard InChI is InChI=1S/C16H14F2N6O2/c1-8-20-13(9-2-3-9)21-16(25)24(8)7-11-5-4-10(6-19-11)14-22-23-15(26-14)12(17)18/h4-6,9,12H,2-3,7H2,1H3. The average molecular weight is 360 g/mol. The summed E-state index contributed by atoms with van der Waals surface area (Å²) in [5.74, 6) is 0.722. The van der Waals surface area contributed by atoms with Crippen LogP contribution in [0.25, 0.3) is 11.5 Å². The van der Waals surface area contributed by atoms with Gasteiger partial charge in [0.25, 0.3) is 5.89 Å². The lowest BCUT2D eigenvalue weighted by Crippen LogP contribution is -2.28. The van der Waals surface area contributed by atoms with Gasteiger partial charge in [0.2, 0.25) is 5.89 Å². The maximum Gasteiger partial charge on any atom is 0.351 e. The van der Waals surface area contributed by atoms with Crippen LogP contribution in [0.4, 0.5) is 8.78 Å². The molecule has 0 radical (unpaired) electrons. The molecule has 1 aliphatic rings. The van der Waals surface area contributed by atoms with Gasteiger partial charge in [-0.3, -0.25) is 9.55 Å². The maximum atomic E-state index is 12.5. The molecule has 26 heavy (non-hydrogen) atoms. The predicted molar refractivity (Wildman–Crippen MR) is 84.6 cm³/mol. The number of aryl methyl sites for hydroxylation is 1. The number of hydrogen-bond acceptors (Lipinski definition) is 7. The molecule has 0 spiro atoms. The molecule has 4 rings (SSSR count). The van der Waals surface area contributed by atoms with Crippen LogP contribution < -0.4 is 5.69 Å². The van der Waals surface area contributed by atoms with Gasteiger partial charge in [-0.1, -0.05) is 0 Å². The highest BCUT2D eigenvalue weighted by Gasteiger charge is 2.27. The molecule has 0 bridgehead atoms. The van der Waals surface area contributed by atoms with Gasteiger partial charge in [0.05, 0.1) is 17.8 Å². The number of halogens is 2. The summed E-state index contributed by atoms with van der Waals surface area (Å²) in [5, 5.41) is 6.85. The van der Waals surface area contributed by atoms with E-state index in [4.69, 9.17) is 4.42 Å². The van der Waals surface area contributed by atoms with Crippen LogP contribution in [0, 0.1) is 6.92 Å². The van der Waals surface area contributed by atoms with Crippen molar-refractivity contribution in [3.63, 3.8) is 0 Å². The van der Waals surface area contributed by atoms with E-state index in [2.05, 4.69) is 25.1 Å². The molecule has 0 unspecified atom stereocenters. The third-order valence-electron chi connectivity index (χ3n) is 4.07. The van der Waals surface area contributed by atoms with Crippen LogP contribution in [0.3, 0.4) is 0 Å². The SMILES string of the molecule is Cc1nc(C2CC2)nc(=O)n1Cc1ccc(-c2nnc(C(F)F)o2)cn1. The van der Waals surface area contributed by atoms with Gasteiger partial charge >= 0.3 is 12.1 Å². The molecule has 8 nitrogen and oxygen atoms in total. The van der Waals surface area contributed by atoms with Crippen LogP contribution in [-0.2, 0) is 6.54 Å². The molecule has 1 fully saturated rings. The predicted octanol–water partition coefficient (Wildman–Crippen LogP) is 2.26. The number of nitrogens with zero attached hydrogens (tertiary/aromatic N) is 6. The topological polar surface area (TPSA) is 99.6 Å². The quantitative estimate of drug-likeness (QED) is 0.688. The van der Waals surface area contributed by atoms with Crippen molar-refractivity contribution in [2.75, 3.05) is 0 Å². The Morgan fingerprint density at radius 3 is 2.65 bits per heavy atom. The fourth-order valence-electron chi connectivity index (χ4n) is 2.50. The summed E-state index contributed by atoms with van der Waals surface area (Å²) in [6.45, 7) is 1.97. The summed E-state index contributed by atoms with van der Waals surface area (Å²) < 4.78 is 31.3. The first-order valence-electron chi connectivity index (χ1n) is 8.03. The van der Waals surface area contributed by atoms with Gasteiger partial charge in [0.15, 0.2) is 0 Å². The fourth-order valence-corrected chi connectivity index (χ4v) is 2.50. The Labute approximate surface area is 146 Å². The van der Waals surface area contributed by atoms with E-state index in [0.717, 1.165) is 12.8 Å². The summed E-state index contributed by atoms with van der Waals surface area (Å²) >= 11 is 0. The number of pyridine rings is 1. The molecule has 3 heterocycles. The van der Waals surface area contributed by atoms with Crippen molar-refractivity contribution in [3.05, 3.63) is 52.0 Å². The maximum absolute atomic E-state index is 12.5. The average Bonchev–Trinajstić information content (AvgIpc) is 3.35. The first kappa shape index (κ1) is 16.4. The lowest BCUT2D eigenvalue weighted by atomic mass is 10.2. The second-order valence-electron chi connectivity index (χ2n) is 6.06. The first-order chi connectivity index (χ1) is 12.5. The number of rotatable bonds is 5. The second-order valence-corrected chi connectivity index (χ2v) is 6.06. The van der Waals surface area contributed by atoms with E-state index < -0.39 is 12.3 Å². The van der Waals surface area contributed by atoms with Crippen LogP contribution >= 0.6 is 0 Å². The zero-order valence-corrected chi connectivity index (χ0v) is 13.8. The smallest absolute Gasteiger partial charge is 0.351 e. The summed E-state index contributed by atoms with van der Waals surface area (Å²) in [5.41, 5.74) is 0.650. The molecule has 1 saturated carbocycles. The van der Waals surface area contributed by atoms with Gasteiger partial charge in [0, 0.05) is 12.1 Å². The number of aromatic nitrogens is 6. The van der Waals surface area contributed by atoms with E-state index in [1.807, 2.05) is 0 Å². The summed E-state index contributed by atoms with van der Waals surface area (Å²) in [6.07, 6.45) is 0.652. The molecule has 0 atom stereocenters. The highest BCUT2D eigenvalue weighted by Crippen LogP contribution is 2.37. The Morgan fingerprint density at radius 2 is 2.08 bits per heavy atom. The molecule has 134 valence electrons.